The van der Waals surface area contributed by atoms with E-state index in [9.17, 15) is 5.11 Å². The van der Waals surface area contributed by atoms with Crippen LogP contribution in [0, 0.1) is 18.8 Å². The Morgan fingerprint density at radius 2 is 1.42 bits per heavy atom. The van der Waals surface area contributed by atoms with Gasteiger partial charge in [0.1, 0.15) is 6.10 Å². The van der Waals surface area contributed by atoms with Crippen LogP contribution in [0.1, 0.15) is 32.8 Å². The van der Waals surface area contributed by atoms with Gasteiger partial charge in [-0.1, -0.05) is 111 Å². The summed E-state index contributed by atoms with van der Waals surface area (Å²) in [6, 6.07) is 29.6. The van der Waals surface area contributed by atoms with Gasteiger partial charge in [-0.15, -0.1) is 11.8 Å². The van der Waals surface area contributed by atoms with Crippen molar-refractivity contribution >= 4 is 30.5 Å². The average molecular weight is 475 g/mol. The van der Waals surface area contributed by atoms with Gasteiger partial charge in [-0.2, -0.15) is 0 Å². The maximum absolute atomic E-state index is 10.3. The first kappa shape index (κ1) is 25.3. The Morgan fingerprint density at radius 3 is 1.94 bits per heavy atom. The van der Waals surface area contributed by atoms with Gasteiger partial charge in [0, 0.05) is 23.7 Å². The third-order valence-electron chi connectivity index (χ3n) is 5.66. The normalized spacial score (nSPS) is 12.6. The van der Waals surface area contributed by atoms with Crippen molar-refractivity contribution in [1.82, 2.24) is 0 Å². The maximum Gasteiger partial charge on any atom is 0.261 e. The molecule has 0 aliphatic heterocycles. The molecule has 0 bridgehead atoms. The van der Waals surface area contributed by atoms with E-state index in [1.807, 2.05) is 0 Å². The van der Waals surface area contributed by atoms with Gasteiger partial charge in [-0.3, -0.25) is 0 Å². The van der Waals surface area contributed by atoms with E-state index in [0.717, 1.165) is 4.90 Å². The van der Waals surface area contributed by atoms with Crippen LogP contribution in [0.4, 0.5) is 0 Å². The zero-order valence-corrected chi connectivity index (χ0v) is 21.9. The fourth-order valence-corrected chi connectivity index (χ4v) is 9.38. The molecule has 0 aliphatic carbocycles. The Kier molecular flexibility index (Phi) is 9.00. The molecule has 0 radical (unpaired) electrons. The monoisotopic (exact) mass is 474 g/mol. The summed E-state index contributed by atoms with van der Waals surface area (Å²) in [4.78, 5) is 1.15. The third kappa shape index (κ3) is 6.62. The van der Waals surface area contributed by atoms with Crippen LogP contribution in [-0.4, -0.2) is 31.9 Å². The van der Waals surface area contributed by atoms with E-state index in [-0.39, 0.29) is 5.04 Å². The highest BCUT2D eigenvalue weighted by molar-refractivity contribution is 7.99. The van der Waals surface area contributed by atoms with Crippen molar-refractivity contribution < 1.29 is 9.53 Å². The minimum atomic E-state index is -2.52. The molecule has 3 aromatic carbocycles. The minimum absolute atomic E-state index is 0.0483. The van der Waals surface area contributed by atoms with Gasteiger partial charge in [0.15, 0.2) is 0 Å². The van der Waals surface area contributed by atoms with Gasteiger partial charge in [-0.05, 0) is 34.5 Å². The van der Waals surface area contributed by atoms with Gasteiger partial charge >= 0.3 is 0 Å². The molecule has 0 saturated heterocycles. The number of aliphatic hydroxyl groups is 1. The Hall–Kier alpha value is -2.29. The molecule has 33 heavy (non-hydrogen) atoms. The summed E-state index contributed by atoms with van der Waals surface area (Å²) in [5.41, 5.74) is 1.24. The molecule has 3 aromatic rings. The summed E-state index contributed by atoms with van der Waals surface area (Å²) < 4.78 is 6.84. The van der Waals surface area contributed by atoms with E-state index in [4.69, 9.17) is 4.43 Å². The first-order chi connectivity index (χ1) is 15.8. The van der Waals surface area contributed by atoms with Crippen LogP contribution in [0.5, 0.6) is 0 Å². The predicted molar refractivity (Wildman–Crippen MR) is 144 cm³/mol. The molecule has 0 spiro atoms. The van der Waals surface area contributed by atoms with Crippen molar-refractivity contribution in [2.24, 2.45) is 0 Å². The Balaban J connectivity index is 1.68. The molecule has 4 heteroatoms. The molecule has 0 fully saturated rings. The lowest BCUT2D eigenvalue weighted by atomic mass is 10.2. The van der Waals surface area contributed by atoms with E-state index in [1.54, 1.807) is 11.8 Å². The van der Waals surface area contributed by atoms with Crippen molar-refractivity contribution in [2.45, 2.75) is 50.2 Å². The summed E-state index contributed by atoms with van der Waals surface area (Å²) in [6.45, 7) is 9.44. The smallest absolute Gasteiger partial charge is 0.261 e. The van der Waals surface area contributed by atoms with Gasteiger partial charge in [-0.25, -0.2) is 0 Å². The standard InChI is InChI=1S/C29H34O2SSi/c1-24-18-20-26(21-19-24)32-23-25(30)13-11-12-22-31-33(29(2,3)4,27-14-7-5-8-15-27)28-16-9-6-10-17-28/h5-10,14-21,25,30H,12,22-23H2,1-4H3/t25-/m0/s1. The highest BCUT2D eigenvalue weighted by atomic mass is 32.2. The lowest BCUT2D eigenvalue weighted by Gasteiger charge is -2.43. The van der Waals surface area contributed by atoms with Gasteiger partial charge in [0.25, 0.3) is 8.32 Å². The van der Waals surface area contributed by atoms with E-state index in [1.165, 1.54) is 15.9 Å². The minimum Gasteiger partial charge on any atom is -0.406 e. The van der Waals surface area contributed by atoms with Crippen LogP contribution in [-0.2, 0) is 4.43 Å². The van der Waals surface area contributed by atoms with Crippen LogP contribution in [0.25, 0.3) is 0 Å². The third-order valence-corrected chi connectivity index (χ3v) is 11.8. The molecule has 3 rings (SSSR count). The average Bonchev–Trinajstić information content (AvgIpc) is 2.81. The van der Waals surface area contributed by atoms with Crippen LogP contribution in [0.15, 0.2) is 89.8 Å². The number of rotatable bonds is 8. The van der Waals surface area contributed by atoms with E-state index in [0.29, 0.717) is 18.8 Å². The number of thioether (sulfide) groups is 1. The summed E-state index contributed by atoms with van der Waals surface area (Å²) in [5.74, 6) is 6.69. The number of benzene rings is 3. The fraction of sp³-hybridized carbons (Fsp3) is 0.310. The Labute approximate surface area is 204 Å². The van der Waals surface area contributed by atoms with Crippen molar-refractivity contribution in [3.8, 4) is 11.8 Å². The summed E-state index contributed by atoms with van der Waals surface area (Å²) in [7, 11) is -2.52. The van der Waals surface area contributed by atoms with E-state index in [2.05, 4.69) is 124 Å². The fourth-order valence-electron chi connectivity index (χ4n) is 4.06. The van der Waals surface area contributed by atoms with Crippen molar-refractivity contribution in [1.29, 1.82) is 0 Å². The first-order valence-corrected chi connectivity index (χ1v) is 14.3. The second-order valence-electron chi connectivity index (χ2n) is 9.22. The van der Waals surface area contributed by atoms with Gasteiger partial charge in [0.05, 0.1) is 0 Å². The molecule has 0 saturated carbocycles. The van der Waals surface area contributed by atoms with Crippen LogP contribution >= 0.6 is 11.8 Å². The van der Waals surface area contributed by atoms with Crippen LogP contribution in [0.2, 0.25) is 5.04 Å². The highest BCUT2D eigenvalue weighted by Crippen LogP contribution is 2.36. The van der Waals surface area contributed by atoms with Crippen LogP contribution in [0.3, 0.4) is 0 Å². The van der Waals surface area contributed by atoms with Crippen molar-refractivity contribution in [3.05, 3.63) is 90.5 Å². The van der Waals surface area contributed by atoms with Gasteiger partial charge in [0.2, 0.25) is 0 Å². The molecule has 0 aromatic heterocycles. The van der Waals surface area contributed by atoms with Crippen molar-refractivity contribution in [3.63, 3.8) is 0 Å². The molecule has 0 unspecified atom stereocenters. The SMILES string of the molecule is Cc1ccc(SC[C@@H](O)C#CCCO[Si](c2ccccc2)(c2ccccc2)C(C)(C)C)cc1. The number of hydrogen-bond donors (Lipinski definition) is 1. The summed E-state index contributed by atoms with van der Waals surface area (Å²) in [6.07, 6.45) is -0.0549. The Morgan fingerprint density at radius 1 is 0.879 bits per heavy atom. The second kappa shape index (κ2) is 11.7. The predicted octanol–water partition coefficient (Wildman–Crippen LogP) is 5.42. The molecule has 0 amide bonds. The van der Waals surface area contributed by atoms with Crippen molar-refractivity contribution in [2.75, 3.05) is 12.4 Å². The number of hydrogen-bond acceptors (Lipinski definition) is 3. The van der Waals surface area contributed by atoms with Gasteiger partial charge < -0.3 is 9.53 Å². The molecule has 1 N–H and O–H groups in total. The summed E-state index contributed by atoms with van der Waals surface area (Å²) in [5, 5.41) is 12.8. The molecule has 172 valence electrons. The maximum atomic E-state index is 10.3. The van der Waals surface area contributed by atoms with E-state index >= 15 is 0 Å². The largest absolute Gasteiger partial charge is 0.406 e. The summed E-state index contributed by atoms with van der Waals surface area (Å²) >= 11 is 1.63. The first-order valence-electron chi connectivity index (χ1n) is 11.4. The molecular formula is C29H34O2SSi. The van der Waals surface area contributed by atoms with Crippen LogP contribution < -0.4 is 10.4 Å². The molecule has 1 atom stereocenters. The van der Waals surface area contributed by atoms with E-state index < -0.39 is 14.4 Å². The molecule has 0 aliphatic rings. The lowest BCUT2D eigenvalue weighted by Crippen LogP contribution is -2.66. The zero-order chi connectivity index (χ0) is 23.7. The Bertz CT molecular complexity index is 1010. The number of aliphatic hydroxyl groups excluding tert-OH is 1. The molecule has 2 nitrogen and oxygen atoms in total. The second-order valence-corrected chi connectivity index (χ2v) is 14.6. The quantitative estimate of drug-likeness (QED) is 0.205. The molecular weight excluding hydrogens is 440 g/mol. The number of aryl methyl sites for hydroxylation is 1. The zero-order valence-electron chi connectivity index (χ0n) is 20.0. The topological polar surface area (TPSA) is 29.5 Å². The lowest BCUT2D eigenvalue weighted by molar-refractivity contribution is 0.257. The molecule has 0 heterocycles. The highest BCUT2D eigenvalue weighted by Gasteiger charge is 2.49.